The Kier molecular flexibility index (Phi) is 3.72. The molecule has 0 unspecified atom stereocenters. The van der Waals surface area contributed by atoms with Crippen LogP contribution in [-0.4, -0.2) is 10.5 Å². The van der Waals surface area contributed by atoms with Gasteiger partial charge in [0.2, 0.25) is 0 Å². The number of carbonyl (C=O) groups is 1. The second kappa shape index (κ2) is 5.27. The van der Waals surface area contributed by atoms with E-state index >= 15 is 0 Å². The largest absolute Gasteiger partial charge is 0.399 e. The van der Waals surface area contributed by atoms with Gasteiger partial charge in [-0.25, -0.2) is 0 Å². The SMILES string of the molecule is CCn1cc(Br)cc1C(=O)Nc1cccc(N)c1. The van der Waals surface area contributed by atoms with Crippen molar-refractivity contribution in [1.29, 1.82) is 0 Å². The molecule has 0 fully saturated rings. The first kappa shape index (κ1) is 12.7. The lowest BCUT2D eigenvalue weighted by Gasteiger charge is -2.08. The summed E-state index contributed by atoms with van der Waals surface area (Å²) in [5.41, 5.74) is 7.61. The first-order valence-electron chi connectivity index (χ1n) is 5.62. The molecule has 94 valence electrons. The van der Waals surface area contributed by atoms with Gasteiger partial charge < -0.3 is 15.6 Å². The number of rotatable bonds is 3. The number of halogens is 1. The number of aromatic nitrogens is 1. The minimum atomic E-state index is -0.145. The molecule has 0 aliphatic carbocycles. The second-order valence-corrected chi connectivity index (χ2v) is 4.82. The summed E-state index contributed by atoms with van der Waals surface area (Å²) in [5, 5.41) is 2.83. The average molecular weight is 308 g/mol. The summed E-state index contributed by atoms with van der Waals surface area (Å²) in [5.74, 6) is -0.145. The second-order valence-electron chi connectivity index (χ2n) is 3.91. The van der Waals surface area contributed by atoms with Gasteiger partial charge in [-0.15, -0.1) is 0 Å². The average Bonchev–Trinajstić information content (AvgIpc) is 2.70. The highest BCUT2D eigenvalue weighted by Gasteiger charge is 2.12. The third-order valence-corrected chi connectivity index (χ3v) is 3.01. The number of nitrogens with two attached hydrogens (primary N) is 1. The quantitative estimate of drug-likeness (QED) is 0.856. The van der Waals surface area contributed by atoms with E-state index in [-0.39, 0.29) is 5.91 Å². The van der Waals surface area contributed by atoms with Crippen molar-refractivity contribution in [3.05, 3.63) is 46.7 Å². The lowest BCUT2D eigenvalue weighted by atomic mass is 10.2. The van der Waals surface area contributed by atoms with Crippen molar-refractivity contribution in [3.63, 3.8) is 0 Å². The van der Waals surface area contributed by atoms with Crippen LogP contribution in [0.2, 0.25) is 0 Å². The van der Waals surface area contributed by atoms with E-state index < -0.39 is 0 Å². The standard InChI is InChI=1S/C13H14BrN3O/c1-2-17-8-9(14)6-12(17)13(18)16-11-5-3-4-10(15)7-11/h3-8H,2,15H2,1H3,(H,16,18). The number of nitrogen functional groups attached to an aromatic ring is 1. The van der Waals surface area contributed by atoms with E-state index in [0.717, 1.165) is 11.0 Å². The van der Waals surface area contributed by atoms with Crippen molar-refractivity contribution in [3.8, 4) is 0 Å². The Labute approximate surface area is 114 Å². The minimum absolute atomic E-state index is 0.145. The van der Waals surface area contributed by atoms with Crippen LogP contribution in [0.5, 0.6) is 0 Å². The molecule has 0 atom stereocenters. The summed E-state index contributed by atoms with van der Waals surface area (Å²) in [6, 6.07) is 8.92. The molecule has 1 aromatic carbocycles. The molecule has 3 N–H and O–H groups in total. The summed E-state index contributed by atoms with van der Waals surface area (Å²) >= 11 is 3.37. The number of amides is 1. The number of hydrogen-bond donors (Lipinski definition) is 2. The molecule has 0 bridgehead atoms. The van der Waals surface area contributed by atoms with Gasteiger partial charge in [0.15, 0.2) is 0 Å². The Morgan fingerprint density at radius 3 is 2.89 bits per heavy atom. The zero-order valence-corrected chi connectivity index (χ0v) is 11.6. The molecule has 0 aliphatic heterocycles. The first-order chi connectivity index (χ1) is 8.60. The Balaban J connectivity index is 2.21. The molecule has 0 aliphatic rings. The predicted molar refractivity (Wildman–Crippen MR) is 76.6 cm³/mol. The minimum Gasteiger partial charge on any atom is -0.399 e. The van der Waals surface area contributed by atoms with Crippen LogP contribution in [0, 0.1) is 0 Å². The summed E-state index contributed by atoms with van der Waals surface area (Å²) in [6.45, 7) is 2.73. The van der Waals surface area contributed by atoms with Crippen LogP contribution in [0.1, 0.15) is 17.4 Å². The van der Waals surface area contributed by atoms with Crippen molar-refractivity contribution in [2.24, 2.45) is 0 Å². The number of nitrogens with one attached hydrogen (secondary N) is 1. The molecule has 2 rings (SSSR count). The van der Waals surface area contributed by atoms with Crippen molar-refractivity contribution in [2.45, 2.75) is 13.5 Å². The number of carbonyl (C=O) groups excluding carboxylic acids is 1. The van der Waals surface area contributed by atoms with Gasteiger partial charge in [-0.1, -0.05) is 6.07 Å². The fourth-order valence-corrected chi connectivity index (χ4v) is 2.20. The van der Waals surface area contributed by atoms with Crippen LogP contribution >= 0.6 is 15.9 Å². The maximum atomic E-state index is 12.1. The summed E-state index contributed by atoms with van der Waals surface area (Å²) in [7, 11) is 0. The summed E-state index contributed by atoms with van der Waals surface area (Å²) in [4.78, 5) is 12.1. The Morgan fingerprint density at radius 1 is 1.44 bits per heavy atom. The molecular formula is C13H14BrN3O. The van der Waals surface area contributed by atoms with E-state index in [1.54, 1.807) is 24.3 Å². The Bertz CT molecular complexity index is 577. The molecule has 4 nitrogen and oxygen atoms in total. The number of nitrogens with zero attached hydrogens (tertiary/aromatic N) is 1. The molecule has 0 saturated heterocycles. The molecule has 1 aromatic heterocycles. The van der Waals surface area contributed by atoms with Crippen LogP contribution in [-0.2, 0) is 6.54 Å². The van der Waals surface area contributed by atoms with Crippen LogP contribution in [0.4, 0.5) is 11.4 Å². The van der Waals surface area contributed by atoms with Gasteiger partial charge >= 0.3 is 0 Å². The Hall–Kier alpha value is -1.75. The lowest BCUT2D eigenvalue weighted by molar-refractivity contribution is 0.101. The van der Waals surface area contributed by atoms with E-state index in [1.165, 1.54) is 0 Å². The molecule has 1 heterocycles. The summed E-state index contributed by atoms with van der Waals surface area (Å²) in [6.07, 6.45) is 1.88. The zero-order chi connectivity index (χ0) is 13.1. The highest BCUT2D eigenvalue weighted by Crippen LogP contribution is 2.17. The van der Waals surface area contributed by atoms with Crippen LogP contribution in [0.25, 0.3) is 0 Å². The first-order valence-corrected chi connectivity index (χ1v) is 6.42. The van der Waals surface area contributed by atoms with Crippen LogP contribution in [0.3, 0.4) is 0 Å². The van der Waals surface area contributed by atoms with Gasteiger partial charge in [-0.3, -0.25) is 4.79 Å². The smallest absolute Gasteiger partial charge is 0.272 e. The zero-order valence-electron chi connectivity index (χ0n) is 9.98. The van der Waals surface area contributed by atoms with Gasteiger partial charge in [0.1, 0.15) is 5.69 Å². The Morgan fingerprint density at radius 2 is 2.22 bits per heavy atom. The molecule has 1 amide bonds. The van der Waals surface area contributed by atoms with E-state index in [4.69, 9.17) is 5.73 Å². The fourth-order valence-electron chi connectivity index (χ4n) is 1.74. The van der Waals surface area contributed by atoms with Gasteiger partial charge in [-0.2, -0.15) is 0 Å². The van der Waals surface area contributed by atoms with E-state index in [1.807, 2.05) is 23.8 Å². The topological polar surface area (TPSA) is 60.0 Å². The van der Waals surface area contributed by atoms with Crippen molar-refractivity contribution in [1.82, 2.24) is 4.57 Å². The fraction of sp³-hybridized carbons (Fsp3) is 0.154. The van der Waals surface area contributed by atoms with Crippen LogP contribution < -0.4 is 11.1 Å². The third kappa shape index (κ3) is 2.73. The van der Waals surface area contributed by atoms with E-state index in [2.05, 4.69) is 21.2 Å². The molecule has 5 heteroatoms. The monoisotopic (exact) mass is 307 g/mol. The van der Waals surface area contributed by atoms with E-state index in [0.29, 0.717) is 17.1 Å². The van der Waals surface area contributed by atoms with Crippen molar-refractivity contribution in [2.75, 3.05) is 11.1 Å². The molecule has 18 heavy (non-hydrogen) atoms. The molecule has 0 radical (unpaired) electrons. The lowest BCUT2D eigenvalue weighted by Crippen LogP contribution is -2.16. The number of anilines is 2. The maximum Gasteiger partial charge on any atom is 0.272 e. The van der Waals surface area contributed by atoms with Gasteiger partial charge in [-0.05, 0) is 47.1 Å². The number of hydrogen-bond acceptors (Lipinski definition) is 2. The van der Waals surface area contributed by atoms with Gasteiger partial charge in [0.25, 0.3) is 5.91 Å². The normalized spacial score (nSPS) is 10.3. The molecule has 2 aromatic rings. The molecule has 0 saturated carbocycles. The highest BCUT2D eigenvalue weighted by molar-refractivity contribution is 9.10. The number of benzene rings is 1. The summed E-state index contributed by atoms with van der Waals surface area (Å²) < 4.78 is 2.77. The van der Waals surface area contributed by atoms with Crippen LogP contribution in [0.15, 0.2) is 41.0 Å². The maximum absolute atomic E-state index is 12.1. The molecule has 0 spiro atoms. The van der Waals surface area contributed by atoms with Gasteiger partial charge in [0.05, 0.1) is 0 Å². The van der Waals surface area contributed by atoms with E-state index in [9.17, 15) is 4.79 Å². The van der Waals surface area contributed by atoms with Crippen molar-refractivity contribution < 1.29 is 4.79 Å². The molecular weight excluding hydrogens is 294 g/mol. The highest BCUT2D eigenvalue weighted by atomic mass is 79.9. The van der Waals surface area contributed by atoms with Gasteiger partial charge in [0, 0.05) is 28.6 Å². The predicted octanol–water partition coefficient (Wildman–Crippen LogP) is 3.10. The van der Waals surface area contributed by atoms with Crippen molar-refractivity contribution >= 4 is 33.2 Å². The third-order valence-electron chi connectivity index (χ3n) is 2.58. The number of aryl methyl sites for hydroxylation is 1.